The molecule has 1 amide bonds. The van der Waals surface area contributed by atoms with Gasteiger partial charge in [0.2, 0.25) is 10.0 Å². The van der Waals surface area contributed by atoms with Crippen LogP contribution in [0.4, 0.5) is 0 Å². The van der Waals surface area contributed by atoms with E-state index in [0.717, 1.165) is 5.56 Å². The smallest absolute Gasteiger partial charge is 0.271 e. The lowest BCUT2D eigenvalue weighted by Crippen LogP contribution is -2.39. The van der Waals surface area contributed by atoms with Crippen molar-refractivity contribution >= 4 is 32.2 Å². The number of benzene rings is 1. The van der Waals surface area contributed by atoms with Crippen LogP contribution in [-0.2, 0) is 10.0 Å². The van der Waals surface area contributed by atoms with Gasteiger partial charge in [0.05, 0.1) is 4.90 Å². The van der Waals surface area contributed by atoms with Crippen molar-refractivity contribution in [2.45, 2.75) is 18.2 Å². The van der Waals surface area contributed by atoms with Gasteiger partial charge in [-0.25, -0.2) is 13.4 Å². The Hall–Kier alpha value is -2.56. The number of hydrogen-bond acceptors (Lipinski definition) is 6. The normalized spacial score (nSPS) is 16.1. The van der Waals surface area contributed by atoms with Gasteiger partial charge in [-0.15, -0.1) is 11.3 Å². The number of carbonyl (C=O) groups excluding carboxylic acids is 1. The van der Waals surface area contributed by atoms with Crippen molar-refractivity contribution in [2.24, 2.45) is 0 Å². The molecule has 1 aliphatic rings. The molecule has 3 heterocycles. The predicted octanol–water partition coefficient (Wildman–Crippen LogP) is 1.60. The lowest BCUT2D eigenvalue weighted by atomic mass is 10.2. The minimum absolute atomic E-state index is 0.00394. The average Bonchev–Trinajstić information content (AvgIpc) is 3.04. The average molecular weight is 433 g/mol. The molecule has 0 unspecified atom stereocenters. The number of thiazole rings is 1. The molecule has 0 bridgehead atoms. The predicted molar refractivity (Wildman–Crippen MR) is 110 cm³/mol. The Morgan fingerprint density at radius 1 is 1.10 bits per heavy atom. The molecule has 1 saturated heterocycles. The molecule has 10 heteroatoms. The Morgan fingerprint density at radius 2 is 1.86 bits per heavy atom. The van der Waals surface area contributed by atoms with Crippen molar-refractivity contribution < 1.29 is 13.2 Å². The van der Waals surface area contributed by atoms with Crippen LogP contribution in [0.15, 0.2) is 51.7 Å². The molecule has 152 valence electrons. The number of rotatable bonds is 3. The second kappa shape index (κ2) is 7.69. The van der Waals surface area contributed by atoms with Crippen LogP contribution in [0.3, 0.4) is 0 Å². The fourth-order valence-electron chi connectivity index (χ4n) is 3.34. The number of aryl methyl sites for hydroxylation is 1. The zero-order chi connectivity index (χ0) is 20.6. The van der Waals surface area contributed by atoms with Crippen molar-refractivity contribution in [2.75, 3.05) is 26.2 Å². The summed E-state index contributed by atoms with van der Waals surface area (Å²) in [6, 6.07) is 6.73. The summed E-state index contributed by atoms with van der Waals surface area (Å²) in [5.74, 6) is -0.419. The Morgan fingerprint density at radius 3 is 2.62 bits per heavy atom. The van der Waals surface area contributed by atoms with Crippen LogP contribution in [-0.4, -0.2) is 59.1 Å². The maximum Gasteiger partial charge on any atom is 0.271 e. The Kier molecular flexibility index (Phi) is 5.24. The first kappa shape index (κ1) is 19.7. The largest absolute Gasteiger partial charge is 0.337 e. The van der Waals surface area contributed by atoms with Crippen LogP contribution in [0.2, 0.25) is 0 Å². The fraction of sp³-hybridized carbons (Fsp3) is 0.316. The maximum atomic E-state index is 12.9. The number of aromatic nitrogens is 2. The third kappa shape index (κ3) is 3.70. The first-order chi connectivity index (χ1) is 13.9. The highest BCUT2D eigenvalue weighted by molar-refractivity contribution is 7.89. The first-order valence-electron chi connectivity index (χ1n) is 9.19. The molecule has 2 aromatic heterocycles. The molecule has 0 saturated carbocycles. The number of fused-ring (bicyclic) bond motifs is 1. The summed E-state index contributed by atoms with van der Waals surface area (Å²) in [4.78, 5) is 32.0. The number of hydrogen-bond donors (Lipinski definition) is 0. The Labute approximate surface area is 172 Å². The maximum absolute atomic E-state index is 12.9. The zero-order valence-corrected chi connectivity index (χ0v) is 17.4. The van der Waals surface area contributed by atoms with Gasteiger partial charge in [-0.1, -0.05) is 17.7 Å². The molecule has 4 rings (SSSR count). The van der Waals surface area contributed by atoms with E-state index < -0.39 is 21.5 Å². The molecular formula is C19H20N4O4S2. The second-order valence-corrected chi connectivity index (χ2v) is 9.71. The Balaban J connectivity index is 1.54. The summed E-state index contributed by atoms with van der Waals surface area (Å²) in [6.45, 7) is 3.00. The van der Waals surface area contributed by atoms with Crippen LogP contribution in [0.5, 0.6) is 0 Å². The van der Waals surface area contributed by atoms with E-state index in [1.807, 2.05) is 6.92 Å². The number of nitrogens with zero attached hydrogens (tertiary/aromatic N) is 4. The number of carbonyl (C=O) groups is 1. The van der Waals surface area contributed by atoms with E-state index >= 15 is 0 Å². The molecule has 29 heavy (non-hydrogen) atoms. The summed E-state index contributed by atoms with van der Waals surface area (Å²) >= 11 is 1.32. The minimum atomic E-state index is -3.63. The van der Waals surface area contributed by atoms with Crippen molar-refractivity contribution in [3.05, 3.63) is 63.5 Å². The molecule has 1 fully saturated rings. The quantitative estimate of drug-likeness (QED) is 0.627. The summed E-state index contributed by atoms with van der Waals surface area (Å²) in [6.07, 6.45) is 3.39. The monoisotopic (exact) mass is 432 g/mol. The van der Waals surface area contributed by atoms with Gasteiger partial charge in [-0.3, -0.25) is 14.0 Å². The number of sulfonamides is 1. The van der Waals surface area contributed by atoms with E-state index in [9.17, 15) is 18.0 Å². The summed E-state index contributed by atoms with van der Waals surface area (Å²) in [5, 5.41) is 1.73. The standard InChI is InChI=1S/C19H20N4O4S2/c1-14-3-5-15(6-4-14)29(26,27)22-8-2-7-21(9-10-22)17(24)16-13-20-19-23(18(16)25)11-12-28-19/h3-6,11-13H,2,7-10H2,1H3. The fourth-order valence-corrected chi connectivity index (χ4v) is 5.48. The van der Waals surface area contributed by atoms with Gasteiger partial charge >= 0.3 is 0 Å². The molecule has 3 aromatic rings. The zero-order valence-electron chi connectivity index (χ0n) is 15.8. The Bertz CT molecular complexity index is 1210. The molecule has 0 aliphatic carbocycles. The highest BCUT2D eigenvalue weighted by Gasteiger charge is 2.29. The van der Waals surface area contributed by atoms with E-state index in [2.05, 4.69) is 4.98 Å². The van der Waals surface area contributed by atoms with E-state index in [-0.39, 0.29) is 23.5 Å². The highest BCUT2D eigenvalue weighted by atomic mass is 32.2. The summed E-state index contributed by atoms with van der Waals surface area (Å²) in [7, 11) is -3.63. The summed E-state index contributed by atoms with van der Waals surface area (Å²) in [5.41, 5.74) is 0.574. The molecule has 0 atom stereocenters. The van der Waals surface area contributed by atoms with Gasteiger partial charge in [-0.2, -0.15) is 4.31 Å². The van der Waals surface area contributed by atoms with E-state index in [1.54, 1.807) is 35.8 Å². The van der Waals surface area contributed by atoms with Gasteiger partial charge in [0.1, 0.15) is 5.56 Å². The van der Waals surface area contributed by atoms with Crippen LogP contribution in [0.25, 0.3) is 4.96 Å². The molecule has 1 aliphatic heterocycles. The van der Waals surface area contributed by atoms with Crippen molar-refractivity contribution in [1.82, 2.24) is 18.6 Å². The molecule has 0 N–H and O–H groups in total. The van der Waals surface area contributed by atoms with Gasteiger partial charge in [0.25, 0.3) is 11.5 Å². The SMILES string of the molecule is Cc1ccc(S(=O)(=O)N2CCCN(C(=O)c3cnc4sccn4c3=O)CC2)cc1. The van der Waals surface area contributed by atoms with Gasteiger partial charge in [0.15, 0.2) is 4.96 Å². The second-order valence-electron chi connectivity index (χ2n) is 6.90. The van der Waals surface area contributed by atoms with Crippen LogP contribution < -0.4 is 5.56 Å². The molecule has 0 spiro atoms. The van der Waals surface area contributed by atoms with Gasteiger partial charge in [-0.05, 0) is 25.5 Å². The van der Waals surface area contributed by atoms with Crippen molar-refractivity contribution in [3.63, 3.8) is 0 Å². The van der Waals surface area contributed by atoms with E-state index in [1.165, 1.54) is 31.1 Å². The van der Waals surface area contributed by atoms with Crippen LogP contribution in [0.1, 0.15) is 22.3 Å². The minimum Gasteiger partial charge on any atom is -0.337 e. The van der Waals surface area contributed by atoms with Gasteiger partial charge < -0.3 is 4.90 Å². The third-order valence-electron chi connectivity index (χ3n) is 4.97. The van der Waals surface area contributed by atoms with E-state index in [4.69, 9.17) is 0 Å². The molecular weight excluding hydrogens is 412 g/mol. The van der Waals surface area contributed by atoms with E-state index in [0.29, 0.717) is 24.5 Å². The first-order valence-corrected chi connectivity index (χ1v) is 11.5. The van der Waals surface area contributed by atoms with Crippen LogP contribution in [0, 0.1) is 6.92 Å². The van der Waals surface area contributed by atoms with Gasteiger partial charge in [0, 0.05) is 44.0 Å². The third-order valence-corrected chi connectivity index (χ3v) is 7.66. The lowest BCUT2D eigenvalue weighted by molar-refractivity contribution is 0.0762. The van der Waals surface area contributed by atoms with Crippen molar-refractivity contribution in [1.29, 1.82) is 0 Å². The molecule has 1 aromatic carbocycles. The number of amides is 1. The van der Waals surface area contributed by atoms with Crippen molar-refractivity contribution in [3.8, 4) is 0 Å². The highest BCUT2D eigenvalue weighted by Crippen LogP contribution is 2.19. The topological polar surface area (TPSA) is 92.1 Å². The molecule has 0 radical (unpaired) electrons. The summed E-state index contributed by atoms with van der Waals surface area (Å²) < 4.78 is 28.6. The molecule has 8 nitrogen and oxygen atoms in total. The lowest BCUT2D eigenvalue weighted by Gasteiger charge is -2.22. The van der Waals surface area contributed by atoms with Crippen LogP contribution >= 0.6 is 11.3 Å².